The molecule has 1 heterocycles. The minimum Gasteiger partial charge on any atom is -0.505 e. The topological polar surface area (TPSA) is 102 Å². The standard InChI is InChI=1S/C26H46O7/c1-3-4-5-6-7-8-9-10-11-12-13-14-15-16-17-18-19-31-25-23(29)24(33-26(25)30)22(28)20-32-21(2)27/h22,24,28-29H,3-20H2,1-2H3/t22-,24+/m0/s1. The Morgan fingerprint density at radius 2 is 1.33 bits per heavy atom. The smallest absolute Gasteiger partial charge is 0.378 e. The van der Waals surface area contributed by atoms with Crippen LogP contribution in [0.5, 0.6) is 0 Å². The maximum atomic E-state index is 11.9. The molecule has 0 saturated carbocycles. The van der Waals surface area contributed by atoms with Gasteiger partial charge in [-0.2, -0.15) is 0 Å². The van der Waals surface area contributed by atoms with Crippen molar-refractivity contribution in [3.8, 4) is 0 Å². The highest BCUT2D eigenvalue weighted by Gasteiger charge is 2.40. The van der Waals surface area contributed by atoms with Crippen LogP contribution in [-0.4, -0.2) is 47.6 Å². The van der Waals surface area contributed by atoms with Gasteiger partial charge in [-0.25, -0.2) is 4.79 Å². The molecule has 0 aromatic carbocycles. The van der Waals surface area contributed by atoms with Crippen LogP contribution in [0, 0.1) is 0 Å². The first kappa shape index (κ1) is 29.3. The Morgan fingerprint density at radius 1 is 0.879 bits per heavy atom. The third-order valence-corrected chi connectivity index (χ3v) is 5.97. The molecule has 1 aliphatic heterocycles. The number of ether oxygens (including phenoxy) is 3. The molecule has 33 heavy (non-hydrogen) atoms. The highest BCUT2D eigenvalue weighted by Crippen LogP contribution is 2.25. The van der Waals surface area contributed by atoms with E-state index in [0.717, 1.165) is 19.3 Å². The van der Waals surface area contributed by atoms with Gasteiger partial charge in [0.05, 0.1) is 6.61 Å². The van der Waals surface area contributed by atoms with Gasteiger partial charge >= 0.3 is 11.9 Å². The number of carbonyl (C=O) groups is 2. The Kier molecular flexibility index (Phi) is 16.5. The van der Waals surface area contributed by atoms with Crippen molar-refractivity contribution < 1.29 is 34.0 Å². The van der Waals surface area contributed by atoms with E-state index >= 15 is 0 Å². The lowest BCUT2D eigenvalue weighted by atomic mass is 10.0. The maximum absolute atomic E-state index is 11.9. The van der Waals surface area contributed by atoms with Gasteiger partial charge in [0, 0.05) is 6.92 Å². The average Bonchev–Trinajstić information content (AvgIpc) is 3.07. The van der Waals surface area contributed by atoms with Crippen molar-refractivity contribution >= 4 is 11.9 Å². The second kappa shape index (κ2) is 18.6. The molecule has 0 amide bonds. The van der Waals surface area contributed by atoms with Crippen molar-refractivity contribution in [1.29, 1.82) is 0 Å². The quantitative estimate of drug-likeness (QED) is 0.159. The van der Waals surface area contributed by atoms with E-state index in [2.05, 4.69) is 11.7 Å². The summed E-state index contributed by atoms with van der Waals surface area (Å²) in [5.41, 5.74) is 0. The number of esters is 2. The molecule has 2 N–H and O–H groups in total. The van der Waals surface area contributed by atoms with Crippen LogP contribution in [0.4, 0.5) is 0 Å². The summed E-state index contributed by atoms with van der Waals surface area (Å²) in [5.74, 6) is -2.09. The van der Waals surface area contributed by atoms with Crippen LogP contribution in [0.15, 0.2) is 11.5 Å². The van der Waals surface area contributed by atoms with Crippen molar-refractivity contribution in [2.75, 3.05) is 13.2 Å². The number of hydrogen-bond donors (Lipinski definition) is 2. The average molecular weight is 471 g/mol. The number of rotatable bonds is 21. The molecule has 2 atom stereocenters. The predicted octanol–water partition coefficient (Wildman–Crippen LogP) is 5.88. The highest BCUT2D eigenvalue weighted by molar-refractivity contribution is 5.89. The monoisotopic (exact) mass is 470 g/mol. The molecule has 192 valence electrons. The summed E-state index contributed by atoms with van der Waals surface area (Å²) < 4.78 is 15.0. The molecule has 7 heteroatoms. The molecule has 0 fully saturated rings. The van der Waals surface area contributed by atoms with Crippen LogP contribution >= 0.6 is 0 Å². The molecule has 0 spiro atoms. The van der Waals surface area contributed by atoms with E-state index in [-0.39, 0.29) is 12.4 Å². The maximum Gasteiger partial charge on any atom is 0.378 e. The van der Waals surface area contributed by atoms with Gasteiger partial charge in [0.25, 0.3) is 0 Å². The summed E-state index contributed by atoms with van der Waals surface area (Å²) in [6, 6.07) is 0. The van der Waals surface area contributed by atoms with Crippen molar-refractivity contribution in [3.63, 3.8) is 0 Å². The summed E-state index contributed by atoms with van der Waals surface area (Å²) in [5, 5.41) is 20.0. The van der Waals surface area contributed by atoms with Gasteiger partial charge in [-0.3, -0.25) is 4.79 Å². The van der Waals surface area contributed by atoms with E-state index < -0.39 is 29.9 Å². The first-order chi connectivity index (χ1) is 16.0. The SMILES string of the molecule is CCCCCCCCCCCCCCCCCCOC1=C(O)[C@@H]([C@@H](O)COC(C)=O)OC1=O. The van der Waals surface area contributed by atoms with E-state index in [1.807, 2.05) is 0 Å². The Labute approximate surface area is 199 Å². The van der Waals surface area contributed by atoms with Gasteiger partial charge in [0.1, 0.15) is 12.7 Å². The zero-order valence-corrected chi connectivity index (χ0v) is 20.8. The summed E-state index contributed by atoms with van der Waals surface area (Å²) in [6.45, 7) is 3.40. The molecule has 0 aliphatic carbocycles. The van der Waals surface area contributed by atoms with Gasteiger partial charge in [-0.05, 0) is 6.42 Å². The number of aliphatic hydroxyl groups is 2. The minimum absolute atomic E-state index is 0.261. The lowest BCUT2D eigenvalue weighted by Crippen LogP contribution is -2.33. The van der Waals surface area contributed by atoms with Gasteiger partial charge in [0.15, 0.2) is 11.9 Å². The lowest BCUT2D eigenvalue weighted by molar-refractivity contribution is -0.153. The van der Waals surface area contributed by atoms with Crippen LogP contribution in [-0.2, 0) is 23.8 Å². The third-order valence-electron chi connectivity index (χ3n) is 5.97. The minimum atomic E-state index is -1.34. The van der Waals surface area contributed by atoms with Crippen LogP contribution in [0.1, 0.15) is 117 Å². The molecule has 0 radical (unpaired) electrons. The summed E-state index contributed by atoms with van der Waals surface area (Å²) in [4.78, 5) is 22.7. The molecule has 0 bridgehead atoms. The second-order valence-corrected chi connectivity index (χ2v) is 9.06. The Morgan fingerprint density at radius 3 is 1.79 bits per heavy atom. The second-order valence-electron chi connectivity index (χ2n) is 9.06. The Hall–Kier alpha value is -1.76. The molecule has 0 unspecified atom stereocenters. The lowest BCUT2D eigenvalue weighted by Gasteiger charge is -2.16. The van der Waals surface area contributed by atoms with E-state index in [1.54, 1.807) is 0 Å². The molecule has 7 nitrogen and oxygen atoms in total. The van der Waals surface area contributed by atoms with Crippen molar-refractivity contribution in [3.05, 3.63) is 11.5 Å². The van der Waals surface area contributed by atoms with E-state index in [1.165, 1.54) is 90.4 Å². The van der Waals surface area contributed by atoms with Gasteiger partial charge in [0.2, 0.25) is 5.76 Å². The summed E-state index contributed by atoms with van der Waals surface area (Å²) in [6.07, 6.45) is 17.8. The molecular formula is C26H46O7. The van der Waals surface area contributed by atoms with Gasteiger partial charge in [-0.15, -0.1) is 0 Å². The number of aliphatic hydroxyl groups excluding tert-OH is 2. The van der Waals surface area contributed by atoms with Gasteiger partial charge in [-0.1, -0.05) is 103 Å². The first-order valence-corrected chi connectivity index (χ1v) is 13.1. The van der Waals surface area contributed by atoms with Crippen LogP contribution < -0.4 is 0 Å². The molecule has 0 aromatic heterocycles. The van der Waals surface area contributed by atoms with Crippen molar-refractivity contribution in [2.24, 2.45) is 0 Å². The van der Waals surface area contributed by atoms with Crippen molar-refractivity contribution in [2.45, 2.75) is 129 Å². The molecular weight excluding hydrogens is 424 g/mol. The fourth-order valence-electron chi connectivity index (χ4n) is 3.97. The first-order valence-electron chi connectivity index (χ1n) is 13.1. The van der Waals surface area contributed by atoms with Crippen LogP contribution in [0.3, 0.4) is 0 Å². The Balaban J connectivity index is 1.97. The third kappa shape index (κ3) is 13.5. The summed E-state index contributed by atoms with van der Waals surface area (Å²) >= 11 is 0. The number of carbonyl (C=O) groups excluding carboxylic acids is 2. The molecule has 1 rings (SSSR count). The zero-order chi connectivity index (χ0) is 24.3. The Bertz CT molecular complexity index is 573. The fraction of sp³-hybridized carbons (Fsp3) is 0.846. The van der Waals surface area contributed by atoms with E-state index in [4.69, 9.17) is 9.47 Å². The predicted molar refractivity (Wildman–Crippen MR) is 128 cm³/mol. The molecule has 1 aliphatic rings. The fourth-order valence-corrected chi connectivity index (χ4v) is 3.97. The largest absolute Gasteiger partial charge is 0.505 e. The molecule has 0 aromatic rings. The van der Waals surface area contributed by atoms with Gasteiger partial charge < -0.3 is 24.4 Å². The number of unbranched alkanes of at least 4 members (excludes halogenated alkanes) is 15. The zero-order valence-electron chi connectivity index (χ0n) is 20.8. The van der Waals surface area contributed by atoms with E-state index in [0.29, 0.717) is 6.61 Å². The van der Waals surface area contributed by atoms with E-state index in [9.17, 15) is 19.8 Å². The highest BCUT2D eigenvalue weighted by atomic mass is 16.6. The normalized spacial score (nSPS) is 16.7. The number of hydrogen-bond acceptors (Lipinski definition) is 7. The summed E-state index contributed by atoms with van der Waals surface area (Å²) in [7, 11) is 0. The van der Waals surface area contributed by atoms with Crippen LogP contribution in [0.2, 0.25) is 0 Å². The number of cyclic esters (lactones) is 1. The van der Waals surface area contributed by atoms with Crippen LogP contribution in [0.25, 0.3) is 0 Å². The molecule has 0 saturated heterocycles. The van der Waals surface area contributed by atoms with Crippen molar-refractivity contribution in [1.82, 2.24) is 0 Å².